The molecule has 0 spiro atoms. The average Bonchev–Trinajstić information content (AvgIpc) is 2.80. The SMILES string of the molecule is CCCC(CC)C(=NC)NC(C)c1ccc2c(c1)CC=C(c1ccc(N=O)cc1)O2. The molecule has 3 rings (SSSR count). The van der Waals surface area contributed by atoms with Gasteiger partial charge in [0.2, 0.25) is 0 Å². The molecule has 0 amide bonds. The van der Waals surface area contributed by atoms with Gasteiger partial charge in [-0.3, -0.25) is 4.99 Å². The molecule has 0 saturated carbocycles. The van der Waals surface area contributed by atoms with Gasteiger partial charge in [0.05, 0.1) is 5.84 Å². The highest BCUT2D eigenvalue weighted by atomic mass is 16.5. The van der Waals surface area contributed by atoms with Crippen LogP contribution in [0, 0.1) is 10.8 Å². The minimum absolute atomic E-state index is 0.175. The number of aliphatic imine (C=N–C) groups is 1. The molecule has 30 heavy (non-hydrogen) atoms. The number of nitrogens with one attached hydrogen (secondary N) is 1. The van der Waals surface area contributed by atoms with Crippen LogP contribution in [0.5, 0.6) is 5.75 Å². The first-order valence-corrected chi connectivity index (χ1v) is 10.8. The van der Waals surface area contributed by atoms with E-state index in [1.165, 1.54) is 11.1 Å². The van der Waals surface area contributed by atoms with Crippen molar-refractivity contribution in [1.82, 2.24) is 5.32 Å². The van der Waals surface area contributed by atoms with Gasteiger partial charge in [-0.25, -0.2) is 0 Å². The Morgan fingerprint density at radius 3 is 2.57 bits per heavy atom. The van der Waals surface area contributed by atoms with Crippen LogP contribution in [0.3, 0.4) is 0 Å². The molecule has 0 aromatic heterocycles. The number of nitroso groups, excluding NO2 is 1. The summed E-state index contributed by atoms with van der Waals surface area (Å²) in [6.45, 7) is 6.62. The van der Waals surface area contributed by atoms with Gasteiger partial charge in [-0.1, -0.05) is 26.3 Å². The standard InChI is InChI=1S/C25H31N3O2/c1-5-7-18(6-2)25(26-4)27-17(3)20-10-14-24-21(16-20)11-15-23(30-24)19-8-12-22(28-29)13-9-19/h8-10,12-18H,5-7,11H2,1-4H3,(H,26,27). The van der Waals surface area contributed by atoms with Crippen molar-refractivity contribution in [3.63, 3.8) is 0 Å². The topological polar surface area (TPSA) is 63.0 Å². The monoisotopic (exact) mass is 405 g/mol. The predicted molar refractivity (Wildman–Crippen MR) is 124 cm³/mol. The van der Waals surface area contributed by atoms with Gasteiger partial charge in [-0.2, -0.15) is 0 Å². The summed E-state index contributed by atoms with van der Waals surface area (Å²) in [5.74, 6) is 3.26. The normalized spacial score (nSPS) is 15.5. The van der Waals surface area contributed by atoms with E-state index >= 15 is 0 Å². The molecule has 1 heterocycles. The van der Waals surface area contributed by atoms with E-state index < -0.39 is 0 Å². The third-order valence-corrected chi connectivity index (χ3v) is 5.69. The molecule has 1 aliphatic rings. The van der Waals surface area contributed by atoms with Crippen molar-refractivity contribution in [3.8, 4) is 5.75 Å². The lowest BCUT2D eigenvalue weighted by Crippen LogP contribution is -2.33. The number of hydrogen-bond donors (Lipinski definition) is 1. The molecule has 1 N–H and O–H groups in total. The van der Waals surface area contributed by atoms with Crippen molar-refractivity contribution in [2.45, 2.75) is 52.5 Å². The number of amidine groups is 1. The summed E-state index contributed by atoms with van der Waals surface area (Å²) in [6, 6.07) is 13.7. The Bertz CT molecular complexity index is 932. The second kappa shape index (κ2) is 10.2. The van der Waals surface area contributed by atoms with E-state index in [1.807, 2.05) is 25.2 Å². The van der Waals surface area contributed by atoms with E-state index in [9.17, 15) is 4.91 Å². The van der Waals surface area contributed by atoms with E-state index in [0.717, 1.165) is 48.6 Å². The van der Waals surface area contributed by atoms with Crippen LogP contribution in [0.1, 0.15) is 62.8 Å². The third-order valence-electron chi connectivity index (χ3n) is 5.69. The lowest BCUT2D eigenvalue weighted by molar-refractivity contribution is 0.497. The van der Waals surface area contributed by atoms with Crippen molar-refractivity contribution < 1.29 is 4.74 Å². The summed E-state index contributed by atoms with van der Waals surface area (Å²) in [7, 11) is 1.87. The smallest absolute Gasteiger partial charge is 0.131 e. The summed E-state index contributed by atoms with van der Waals surface area (Å²) in [6.07, 6.45) is 6.29. The van der Waals surface area contributed by atoms with Gasteiger partial charge in [0.15, 0.2) is 0 Å². The average molecular weight is 406 g/mol. The van der Waals surface area contributed by atoms with Crippen molar-refractivity contribution in [3.05, 3.63) is 70.1 Å². The zero-order valence-corrected chi connectivity index (χ0v) is 18.3. The quantitative estimate of drug-likeness (QED) is 0.307. The molecule has 0 saturated heterocycles. The van der Waals surface area contributed by atoms with Crippen molar-refractivity contribution in [1.29, 1.82) is 0 Å². The van der Waals surface area contributed by atoms with Gasteiger partial charge in [-0.05, 0) is 85.0 Å². The molecule has 5 nitrogen and oxygen atoms in total. The molecule has 2 unspecified atom stereocenters. The first-order chi connectivity index (χ1) is 14.6. The molecule has 2 aromatic rings. The number of ether oxygens (including phenoxy) is 1. The number of benzene rings is 2. The lowest BCUT2D eigenvalue weighted by atomic mass is 9.96. The van der Waals surface area contributed by atoms with E-state index in [-0.39, 0.29) is 6.04 Å². The Labute approximate surface area is 179 Å². The highest BCUT2D eigenvalue weighted by Gasteiger charge is 2.19. The number of allylic oxidation sites excluding steroid dienone is 1. The number of fused-ring (bicyclic) bond motifs is 1. The van der Waals surface area contributed by atoms with Gasteiger partial charge in [-0.15, -0.1) is 4.91 Å². The molecule has 158 valence electrons. The minimum atomic E-state index is 0.175. The summed E-state index contributed by atoms with van der Waals surface area (Å²) < 4.78 is 6.12. The van der Waals surface area contributed by atoms with Crippen LogP contribution in [0.4, 0.5) is 5.69 Å². The molecule has 0 fully saturated rings. The van der Waals surface area contributed by atoms with Crippen molar-refractivity contribution in [2.24, 2.45) is 16.1 Å². The molecule has 0 radical (unpaired) electrons. The Hall–Kier alpha value is -2.95. The first-order valence-electron chi connectivity index (χ1n) is 10.8. The van der Waals surface area contributed by atoms with Crippen LogP contribution in [0.25, 0.3) is 5.76 Å². The zero-order chi connectivity index (χ0) is 21.5. The largest absolute Gasteiger partial charge is 0.457 e. The highest BCUT2D eigenvalue weighted by molar-refractivity contribution is 5.84. The fourth-order valence-electron chi connectivity index (χ4n) is 3.91. The number of nitrogens with zero attached hydrogens (tertiary/aromatic N) is 2. The summed E-state index contributed by atoms with van der Waals surface area (Å²) in [5, 5.41) is 6.58. The zero-order valence-electron chi connectivity index (χ0n) is 18.3. The van der Waals surface area contributed by atoms with E-state index in [4.69, 9.17) is 4.74 Å². The third kappa shape index (κ3) is 4.96. The molecule has 0 bridgehead atoms. The highest BCUT2D eigenvalue weighted by Crippen LogP contribution is 2.33. The Balaban J connectivity index is 1.72. The lowest BCUT2D eigenvalue weighted by Gasteiger charge is -2.24. The molecule has 2 atom stereocenters. The molecular weight excluding hydrogens is 374 g/mol. The van der Waals surface area contributed by atoms with E-state index in [0.29, 0.717) is 11.6 Å². The summed E-state index contributed by atoms with van der Waals surface area (Å²) in [5.41, 5.74) is 3.76. The molecule has 1 aliphatic heterocycles. The molecule has 2 aromatic carbocycles. The summed E-state index contributed by atoms with van der Waals surface area (Å²) in [4.78, 5) is 15.1. The Morgan fingerprint density at radius 2 is 1.93 bits per heavy atom. The van der Waals surface area contributed by atoms with Crippen molar-refractivity contribution >= 4 is 17.3 Å². The van der Waals surface area contributed by atoms with Gasteiger partial charge in [0.1, 0.15) is 17.2 Å². The maximum atomic E-state index is 10.6. The van der Waals surface area contributed by atoms with Gasteiger partial charge in [0, 0.05) is 24.6 Å². The second-order valence-electron chi connectivity index (χ2n) is 7.75. The van der Waals surface area contributed by atoms with E-state index in [2.05, 4.69) is 54.5 Å². The van der Waals surface area contributed by atoms with Crippen LogP contribution in [-0.2, 0) is 6.42 Å². The Morgan fingerprint density at radius 1 is 1.17 bits per heavy atom. The van der Waals surface area contributed by atoms with Gasteiger partial charge in [0.25, 0.3) is 0 Å². The molecular formula is C25H31N3O2. The van der Waals surface area contributed by atoms with Gasteiger partial charge < -0.3 is 10.1 Å². The number of hydrogen-bond acceptors (Lipinski definition) is 4. The fourth-order valence-corrected chi connectivity index (χ4v) is 3.91. The van der Waals surface area contributed by atoms with E-state index in [1.54, 1.807) is 12.1 Å². The maximum absolute atomic E-state index is 10.6. The molecule has 0 aliphatic carbocycles. The minimum Gasteiger partial charge on any atom is -0.457 e. The van der Waals surface area contributed by atoms with Crippen LogP contribution in [-0.4, -0.2) is 12.9 Å². The van der Waals surface area contributed by atoms with Crippen molar-refractivity contribution in [2.75, 3.05) is 7.05 Å². The Kier molecular flexibility index (Phi) is 7.39. The maximum Gasteiger partial charge on any atom is 0.131 e. The molecule has 5 heteroatoms. The van der Waals surface area contributed by atoms with Gasteiger partial charge >= 0.3 is 0 Å². The van der Waals surface area contributed by atoms with Crippen LogP contribution < -0.4 is 10.1 Å². The van der Waals surface area contributed by atoms with Crippen LogP contribution >= 0.6 is 0 Å². The fraction of sp³-hybridized carbons (Fsp3) is 0.400. The van der Waals surface area contributed by atoms with Crippen LogP contribution in [0.2, 0.25) is 0 Å². The van der Waals surface area contributed by atoms with Crippen LogP contribution in [0.15, 0.2) is 58.7 Å². The first kappa shape index (κ1) is 21.8. The predicted octanol–water partition coefficient (Wildman–Crippen LogP) is 6.57. The second-order valence-corrected chi connectivity index (χ2v) is 7.75. The summed E-state index contributed by atoms with van der Waals surface area (Å²) >= 11 is 0. The number of rotatable bonds is 8.